The van der Waals surface area contributed by atoms with Crippen LogP contribution in [0.15, 0.2) is 11.4 Å². The van der Waals surface area contributed by atoms with Gasteiger partial charge in [-0.1, -0.05) is 0 Å². The van der Waals surface area contributed by atoms with Crippen LogP contribution in [-0.4, -0.2) is 30.2 Å². The van der Waals surface area contributed by atoms with Crippen molar-refractivity contribution in [3.63, 3.8) is 0 Å². The van der Waals surface area contributed by atoms with E-state index in [4.69, 9.17) is 5.73 Å². The predicted molar refractivity (Wildman–Crippen MR) is 62.0 cm³/mol. The molecule has 0 aliphatic carbocycles. The fourth-order valence-corrected chi connectivity index (χ4v) is 3.37. The molecule has 0 radical (unpaired) electrons. The molecule has 0 saturated carbocycles. The van der Waals surface area contributed by atoms with Gasteiger partial charge < -0.3 is 5.73 Å². The number of alkyl halides is 3. The van der Waals surface area contributed by atoms with E-state index in [0.29, 0.717) is 13.0 Å². The monoisotopic (exact) mass is 264 g/mol. The average Bonchev–Trinajstić information content (AvgIpc) is 2.69. The van der Waals surface area contributed by atoms with E-state index >= 15 is 0 Å². The molecule has 2 atom stereocenters. The molecule has 17 heavy (non-hydrogen) atoms. The summed E-state index contributed by atoms with van der Waals surface area (Å²) in [5, 5.41) is 1.94. The highest BCUT2D eigenvalue weighted by molar-refractivity contribution is 7.10. The van der Waals surface area contributed by atoms with Crippen LogP contribution in [0.25, 0.3) is 0 Å². The maximum Gasteiger partial charge on any atom is 0.405 e. The van der Waals surface area contributed by atoms with Gasteiger partial charge in [0, 0.05) is 24.0 Å². The molecule has 0 amide bonds. The molecule has 2 nitrogen and oxygen atoms in total. The molecule has 1 aliphatic rings. The van der Waals surface area contributed by atoms with E-state index < -0.39 is 12.2 Å². The normalized spacial score (nSPS) is 23.5. The highest BCUT2D eigenvalue weighted by Gasteiger charge is 2.45. The van der Waals surface area contributed by atoms with Crippen molar-refractivity contribution in [1.29, 1.82) is 0 Å². The number of hydrogen-bond donors (Lipinski definition) is 1. The lowest BCUT2D eigenvalue weighted by molar-refractivity contribution is -0.187. The fraction of sp³-hybridized carbons (Fsp3) is 0.636. The van der Waals surface area contributed by atoms with E-state index in [1.165, 1.54) is 9.78 Å². The van der Waals surface area contributed by atoms with Crippen LogP contribution in [0, 0.1) is 0 Å². The Bertz CT molecular complexity index is 388. The zero-order valence-electron chi connectivity index (χ0n) is 9.50. The lowest BCUT2D eigenvalue weighted by Gasteiger charge is -2.39. The second kappa shape index (κ2) is 4.59. The quantitative estimate of drug-likeness (QED) is 0.889. The molecular weight excluding hydrogens is 249 g/mol. The Hall–Kier alpha value is -0.590. The second-order valence-electron chi connectivity index (χ2n) is 4.26. The first-order chi connectivity index (χ1) is 7.95. The summed E-state index contributed by atoms with van der Waals surface area (Å²) < 4.78 is 38.6. The van der Waals surface area contributed by atoms with Gasteiger partial charge in [-0.3, -0.25) is 4.90 Å². The maximum atomic E-state index is 12.9. The highest BCUT2D eigenvalue weighted by atomic mass is 32.1. The molecule has 96 valence electrons. The van der Waals surface area contributed by atoms with Gasteiger partial charge in [-0.15, -0.1) is 11.3 Å². The van der Waals surface area contributed by atoms with Crippen molar-refractivity contribution in [2.45, 2.75) is 31.6 Å². The van der Waals surface area contributed by atoms with Crippen molar-refractivity contribution in [1.82, 2.24) is 4.90 Å². The zero-order valence-corrected chi connectivity index (χ0v) is 10.3. The molecule has 2 N–H and O–H groups in total. The van der Waals surface area contributed by atoms with Crippen LogP contribution < -0.4 is 5.73 Å². The first-order valence-corrected chi connectivity index (χ1v) is 6.42. The fourth-order valence-electron chi connectivity index (χ4n) is 2.41. The van der Waals surface area contributed by atoms with Crippen LogP contribution in [0.1, 0.15) is 23.4 Å². The summed E-state index contributed by atoms with van der Waals surface area (Å²) in [4.78, 5) is 2.67. The Morgan fingerprint density at radius 3 is 2.88 bits per heavy atom. The van der Waals surface area contributed by atoms with Gasteiger partial charge in [-0.2, -0.15) is 13.2 Å². The number of hydrogen-bond acceptors (Lipinski definition) is 3. The Balaban J connectivity index is 2.24. The molecule has 2 unspecified atom stereocenters. The summed E-state index contributed by atoms with van der Waals surface area (Å²) in [5.74, 6) is 0. The van der Waals surface area contributed by atoms with Crippen LogP contribution in [-0.2, 0) is 6.42 Å². The summed E-state index contributed by atoms with van der Waals surface area (Å²) in [5.41, 5.74) is 6.31. The molecule has 2 rings (SSSR count). The first kappa shape index (κ1) is 12.9. The summed E-state index contributed by atoms with van der Waals surface area (Å²) in [6.07, 6.45) is -3.57. The van der Waals surface area contributed by atoms with Gasteiger partial charge in [-0.05, 0) is 30.4 Å². The van der Waals surface area contributed by atoms with Crippen LogP contribution in [0.4, 0.5) is 13.2 Å². The Morgan fingerprint density at radius 1 is 1.59 bits per heavy atom. The largest absolute Gasteiger partial charge is 0.405 e. The van der Waals surface area contributed by atoms with Crippen molar-refractivity contribution in [2.24, 2.45) is 5.73 Å². The molecule has 1 aromatic heterocycles. The SMILES string of the molecule is CC1c2ccsc2CCN1C(CN)C(F)(F)F. The van der Waals surface area contributed by atoms with E-state index in [0.717, 1.165) is 5.56 Å². The smallest absolute Gasteiger partial charge is 0.329 e. The van der Waals surface area contributed by atoms with Crippen molar-refractivity contribution in [2.75, 3.05) is 13.1 Å². The number of rotatable bonds is 2. The van der Waals surface area contributed by atoms with Crippen molar-refractivity contribution in [3.8, 4) is 0 Å². The molecule has 0 bridgehead atoms. The molecular formula is C11H15F3N2S. The minimum atomic E-state index is -4.25. The minimum Gasteiger partial charge on any atom is -0.329 e. The number of fused-ring (bicyclic) bond motifs is 1. The zero-order chi connectivity index (χ0) is 12.6. The van der Waals surface area contributed by atoms with Crippen molar-refractivity contribution in [3.05, 3.63) is 21.9 Å². The topological polar surface area (TPSA) is 29.3 Å². The molecule has 0 spiro atoms. The number of nitrogens with two attached hydrogens (primary N) is 1. The number of nitrogens with zero attached hydrogens (tertiary/aromatic N) is 1. The van der Waals surface area contributed by atoms with E-state index in [2.05, 4.69) is 0 Å². The predicted octanol–water partition coefficient (Wildman–Crippen LogP) is 2.56. The third-order valence-corrected chi connectivity index (χ3v) is 4.32. The van der Waals surface area contributed by atoms with E-state index in [1.807, 2.05) is 18.4 Å². The van der Waals surface area contributed by atoms with Crippen LogP contribution >= 0.6 is 11.3 Å². The minimum absolute atomic E-state index is 0.208. The van der Waals surface area contributed by atoms with Gasteiger partial charge >= 0.3 is 6.18 Å². The van der Waals surface area contributed by atoms with Crippen LogP contribution in [0.3, 0.4) is 0 Å². The molecule has 0 fully saturated rings. The Kier molecular flexibility index (Phi) is 3.47. The second-order valence-corrected chi connectivity index (χ2v) is 5.26. The standard InChI is InChI=1S/C11H15F3N2S/c1-7-8-3-5-17-9(8)2-4-16(7)10(6-15)11(12,13)14/h3,5,7,10H,2,4,6,15H2,1H3. The average molecular weight is 264 g/mol. The van der Waals surface area contributed by atoms with Gasteiger partial charge in [0.2, 0.25) is 0 Å². The third kappa shape index (κ3) is 2.34. The van der Waals surface area contributed by atoms with E-state index in [1.54, 1.807) is 11.3 Å². The van der Waals surface area contributed by atoms with Gasteiger partial charge in [0.05, 0.1) is 0 Å². The molecule has 1 aliphatic heterocycles. The summed E-state index contributed by atoms with van der Waals surface area (Å²) in [6, 6.07) is 0.173. The van der Waals surface area contributed by atoms with E-state index in [9.17, 15) is 13.2 Å². The van der Waals surface area contributed by atoms with E-state index in [-0.39, 0.29) is 12.6 Å². The number of thiophene rings is 1. The summed E-state index contributed by atoms with van der Waals surface area (Å²) in [6.45, 7) is 1.86. The Morgan fingerprint density at radius 2 is 2.29 bits per heavy atom. The molecule has 6 heteroatoms. The van der Waals surface area contributed by atoms with Crippen LogP contribution in [0.2, 0.25) is 0 Å². The molecule has 2 heterocycles. The van der Waals surface area contributed by atoms with Gasteiger partial charge in [0.25, 0.3) is 0 Å². The highest BCUT2D eigenvalue weighted by Crippen LogP contribution is 2.37. The maximum absolute atomic E-state index is 12.9. The van der Waals surface area contributed by atoms with Crippen molar-refractivity contribution >= 4 is 11.3 Å². The first-order valence-electron chi connectivity index (χ1n) is 5.54. The van der Waals surface area contributed by atoms with Gasteiger partial charge in [0.1, 0.15) is 6.04 Å². The van der Waals surface area contributed by atoms with Crippen molar-refractivity contribution < 1.29 is 13.2 Å². The Labute approximate surface area is 102 Å². The molecule has 1 aromatic rings. The lowest BCUT2D eigenvalue weighted by Crippen LogP contribution is -2.52. The van der Waals surface area contributed by atoms with Gasteiger partial charge in [0.15, 0.2) is 0 Å². The molecule has 0 saturated heterocycles. The van der Waals surface area contributed by atoms with Gasteiger partial charge in [-0.25, -0.2) is 0 Å². The summed E-state index contributed by atoms with van der Waals surface area (Å²) in [7, 11) is 0. The van der Waals surface area contributed by atoms with Crippen LogP contribution in [0.5, 0.6) is 0 Å². The third-order valence-electron chi connectivity index (χ3n) is 3.33. The molecule has 0 aromatic carbocycles. The lowest BCUT2D eigenvalue weighted by atomic mass is 9.99. The number of halogens is 3. The summed E-state index contributed by atoms with van der Waals surface area (Å²) >= 11 is 1.62.